The van der Waals surface area contributed by atoms with Crippen molar-refractivity contribution in [3.63, 3.8) is 0 Å². The second-order valence-corrected chi connectivity index (χ2v) is 6.90. The van der Waals surface area contributed by atoms with Gasteiger partial charge in [-0.15, -0.1) is 11.3 Å². The number of thiazole rings is 1. The fraction of sp³-hybridized carbons (Fsp3) is 0.300. The van der Waals surface area contributed by atoms with E-state index in [0.29, 0.717) is 17.1 Å². The normalized spacial score (nSPS) is 12.5. The van der Waals surface area contributed by atoms with Crippen molar-refractivity contribution in [3.8, 4) is 0 Å². The standard InChI is InChI=1S/C10H13N3O2S2/c1-5(2)6-3-7(11)9-8(4-6)16-10(13-9)17(12,14)15/h3-5H,11H2,1-2H3,(H2,12,14,15). The lowest BCUT2D eigenvalue weighted by Crippen LogP contribution is -2.11. The Bertz CT molecular complexity index is 674. The van der Waals surface area contributed by atoms with E-state index in [1.807, 2.05) is 26.0 Å². The molecule has 0 saturated carbocycles. The molecule has 2 rings (SSSR count). The fourth-order valence-electron chi connectivity index (χ4n) is 1.51. The van der Waals surface area contributed by atoms with Gasteiger partial charge in [-0.25, -0.2) is 18.5 Å². The average Bonchev–Trinajstić information content (AvgIpc) is 2.60. The van der Waals surface area contributed by atoms with Crippen LogP contribution in [-0.4, -0.2) is 13.4 Å². The number of primary sulfonamides is 1. The summed E-state index contributed by atoms with van der Waals surface area (Å²) >= 11 is 1.05. The number of sulfonamides is 1. The quantitative estimate of drug-likeness (QED) is 0.811. The lowest BCUT2D eigenvalue weighted by atomic mass is 10.0. The minimum absolute atomic E-state index is 0.0971. The Hall–Kier alpha value is -1.18. The molecule has 0 fully saturated rings. The van der Waals surface area contributed by atoms with Crippen LogP contribution in [0.1, 0.15) is 25.3 Å². The highest BCUT2D eigenvalue weighted by atomic mass is 32.2. The van der Waals surface area contributed by atoms with Gasteiger partial charge in [0.1, 0.15) is 5.52 Å². The second-order valence-electron chi connectivity index (χ2n) is 4.14. The molecule has 1 aromatic heterocycles. The minimum Gasteiger partial charge on any atom is -0.397 e. The number of nitrogens with two attached hydrogens (primary N) is 2. The van der Waals surface area contributed by atoms with Crippen molar-refractivity contribution >= 4 is 37.3 Å². The van der Waals surface area contributed by atoms with E-state index in [9.17, 15) is 8.42 Å². The highest BCUT2D eigenvalue weighted by molar-refractivity contribution is 7.91. The number of nitrogen functional groups attached to an aromatic ring is 1. The summed E-state index contributed by atoms with van der Waals surface area (Å²) in [4.78, 5) is 3.96. The lowest BCUT2D eigenvalue weighted by molar-refractivity contribution is 0.597. The zero-order valence-corrected chi connectivity index (χ0v) is 11.1. The molecule has 0 aliphatic rings. The molecule has 2 aromatic rings. The smallest absolute Gasteiger partial charge is 0.265 e. The number of benzene rings is 1. The first-order chi connectivity index (χ1) is 7.79. The lowest BCUT2D eigenvalue weighted by Gasteiger charge is -2.06. The van der Waals surface area contributed by atoms with Crippen LogP contribution in [0.2, 0.25) is 0 Å². The maximum Gasteiger partial charge on any atom is 0.265 e. The SMILES string of the molecule is CC(C)c1cc(N)c2nc(S(N)(=O)=O)sc2c1. The average molecular weight is 271 g/mol. The molecule has 0 radical (unpaired) electrons. The first kappa shape index (κ1) is 12.3. The third-order valence-electron chi connectivity index (χ3n) is 2.44. The predicted molar refractivity (Wildman–Crippen MR) is 69.5 cm³/mol. The number of fused-ring (bicyclic) bond motifs is 1. The first-order valence-corrected chi connectivity index (χ1v) is 7.38. The number of aromatic nitrogens is 1. The van der Waals surface area contributed by atoms with Crippen LogP contribution in [0.15, 0.2) is 16.5 Å². The number of anilines is 1. The highest BCUT2D eigenvalue weighted by Gasteiger charge is 2.16. The Morgan fingerprint density at radius 2 is 2.00 bits per heavy atom. The zero-order valence-electron chi connectivity index (χ0n) is 9.47. The van der Waals surface area contributed by atoms with Crippen molar-refractivity contribution in [1.82, 2.24) is 4.98 Å². The molecule has 7 heteroatoms. The molecular formula is C10H13N3O2S2. The van der Waals surface area contributed by atoms with Crippen LogP contribution < -0.4 is 10.9 Å². The van der Waals surface area contributed by atoms with Crippen molar-refractivity contribution in [2.45, 2.75) is 24.1 Å². The molecule has 1 heterocycles. The van der Waals surface area contributed by atoms with Crippen LogP contribution in [0.3, 0.4) is 0 Å². The number of rotatable bonds is 2. The third kappa shape index (κ3) is 2.26. The number of nitrogens with zero attached hydrogens (tertiary/aromatic N) is 1. The summed E-state index contributed by atoms with van der Waals surface area (Å²) in [6, 6.07) is 3.72. The first-order valence-electron chi connectivity index (χ1n) is 5.02. The third-order valence-corrected chi connectivity index (χ3v) is 4.76. The predicted octanol–water partition coefficient (Wildman–Crippen LogP) is 1.65. The van der Waals surface area contributed by atoms with Crippen LogP contribution in [0.4, 0.5) is 5.69 Å². The van der Waals surface area contributed by atoms with Gasteiger partial charge in [-0.2, -0.15) is 0 Å². The van der Waals surface area contributed by atoms with Crippen molar-refractivity contribution < 1.29 is 8.42 Å². The molecule has 0 bridgehead atoms. The Morgan fingerprint density at radius 3 is 2.53 bits per heavy atom. The van der Waals surface area contributed by atoms with Gasteiger partial charge < -0.3 is 5.73 Å². The largest absolute Gasteiger partial charge is 0.397 e. The molecular weight excluding hydrogens is 258 g/mol. The molecule has 92 valence electrons. The molecule has 0 unspecified atom stereocenters. The van der Waals surface area contributed by atoms with Crippen molar-refractivity contribution in [1.29, 1.82) is 0 Å². The van der Waals surface area contributed by atoms with Crippen molar-refractivity contribution in [3.05, 3.63) is 17.7 Å². The van der Waals surface area contributed by atoms with Gasteiger partial charge in [0.15, 0.2) is 0 Å². The monoisotopic (exact) mass is 271 g/mol. The van der Waals surface area contributed by atoms with Gasteiger partial charge in [0.25, 0.3) is 10.0 Å². The van der Waals surface area contributed by atoms with Gasteiger partial charge in [-0.1, -0.05) is 13.8 Å². The molecule has 0 amide bonds. The van der Waals surface area contributed by atoms with Crippen molar-refractivity contribution in [2.75, 3.05) is 5.73 Å². The van der Waals surface area contributed by atoms with E-state index >= 15 is 0 Å². The number of hydrogen-bond acceptors (Lipinski definition) is 5. The van der Waals surface area contributed by atoms with Crippen molar-refractivity contribution in [2.24, 2.45) is 5.14 Å². The van der Waals surface area contributed by atoms with E-state index in [0.717, 1.165) is 21.6 Å². The topological polar surface area (TPSA) is 99.1 Å². The molecule has 0 atom stereocenters. The van der Waals surface area contributed by atoms with E-state index in [1.165, 1.54) is 0 Å². The van der Waals surface area contributed by atoms with Gasteiger partial charge in [-0.3, -0.25) is 0 Å². The Kier molecular flexibility index (Phi) is 2.84. The summed E-state index contributed by atoms with van der Waals surface area (Å²) in [7, 11) is -3.76. The summed E-state index contributed by atoms with van der Waals surface area (Å²) in [6.45, 7) is 4.09. The van der Waals surface area contributed by atoms with Gasteiger partial charge in [0.2, 0.25) is 4.34 Å². The van der Waals surface area contributed by atoms with E-state index < -0.39 is 10.0 Å². The van der Waals surface area contributed by atoms with Gasteiger partial charge in [0.05, 0.1) is 10.4 Å². The molecule has 5 nitrogen and oxygen atoms in total. The van der Waals surface area contributed by atoms with E-state index in [-0.39, 0.29) is 4.34 Å². The second kappa shape index (κ2) is 3.94. The molecule has 0 saturated heterocycles. The molecule has 0 aliphatic carbocycles. The fourth-order valence-corrected chi connectivity index (χ4v) is 3.24. The van der Waals surface area contributed by atoms with Crippen LogP contribution >= 0.6 is 11.3 Å². The molecule has 4 N–H and O–H groups in total. The molecule has 0 spiro atoms. The van der Waals surface area contributed by atoms with Gasteiger partial charge in [0, 0.05) is 0 Å². The van der Waals surface area contributed by atoms with Gasteiger partial charge in [-0.05, 0) is 23.6 Å². The maximum atomic E-state index is 11.2. The Labute approximate surface area is 104 Å². The summed E-state index contributed by atoms with van der Waals surface area (Å²) in [5, 5.41) is 5.05. The van der Waals surface area contributed by atoms with E-state index in [2.05, 4.69) is 4.98 Å². The summed E-state index contributed by atoms with van der Waals surface area (Å²) in [5.74, 6) is 0.321. The van der Waals surface area contributed by atoms with E-state index in [1.54, 1.807) is 0 Å². The Balaban J connectivity index is 2.73. The zero-order chi connectivity index (χ0) is 12.8. The van der Waals surface area contributed by atoms with Crippen LogP contribution in [-0.2, 0) is 10.0 Å². The highest BCUT2D eigenvalue weighted by Crippen LogP contribution is 2.32. The molecule has 17 heavy (non-hydrogen) atoms. The maximum absolute atomic E-state index is 11.2. The summed E-state index contributed by atoms with van der Waals surface area (Å²) < 4.78 is 23.1. The molecule has 0 aliphatic heterocycles. The summed E-state index contributed by atoms with van der Waals surface area (Å²) in [6.07, 6.45) is 0. The number of hydrogen-bond donors (Lipinski definition) is 2. The van der Waals surface area contributed by atoms with E-state index in [4.69, 9.17) is 10.9 Å². The minimum atomic E-state index is -3.76. The van der Waals surface area contributed by atoms with Crippen LogP contribution in [0.25, 0.3) is 10.2 Å². The summed E-state index contributed by atoms with van der Waals surface area (Å²) in [5.41, 5.74) is 7.90. The Morgan fingerprint density at radius 1 is 1.35 bits per heavy atom. The van der Waals surface area contributed by atoms with Crippen LogP contribution in [0, 0.1) is 0 Å². The van der Waals surface area contributed by atoms with Crippen LogP contribution in [0.5, 0.6) is 0 Å². The molecule has 1 aromatic carbocycles. The van der Waals surface area contributed by atoms with Gasteiger partial charge >= 0.3 is 0 Å².